The molecule has 5 heteroatoms. The summed E-state index contributed by atoms with van der Waals surface area (Å²) in [4.78, 5) is 8.02. The number of benzene rings is 1. The van der Waals surface area contributed by atoms with Crippen LogP contribution in [-0.2, 0) is 13.1 Å². The highest BCUT2D eigenvalue weighted by Gasteiger charge is 2.03. The van der Waals surface area contributed by atoms with Crippen LogP contribution in [0.2, 0.25) is 0 Å². The van der Waals surface area contributed by atoms with Crippen molar-refractivity contribution in [3.63, 3.8) is 0 Å². The second kappa shape index (κ2) is 5.45. The first-order chi connectivity index (χ1) is 8.25. The minimum atomic E-state index is -0.445. The van der Waals surface area contributed by atoms with Gasteiger partial charge in [0.25, 0.3) is 0 Å². The smallest absolute Gasteiger partial charge is 0.141 e. The van der Waals surface area contributed by atoms with Crippen LogP contribution in [0.4, 0.5) is 8.78 Å². The maximum atomic E-state index is 13.3. The van der Waals surface area contributed by atoms with Crippen molar-refractivity contribution in [1.29, 1.82) is 0 Å². The summed E-state index contributed by atoms with van der Waals surface area (Å²) in [6.07, 6.45) is 3.26. The third kappa shape index (κ3) is 3.29. The number of nitrogens with zero attached hydrogens (tertiary/aromatic N) is 2. The van der Waals surface area contributed by atoms with E-state index in [4.69, 9.17) is 0 Å². The maximum absolute atomic E-state index is 13.3. The standard InChI is InChI=1S/C12H11F2N3/c13-10-2-3-11(14)9(6-10)7-15-8-12-16-4-1-5-17-12/h1-6,15H,7-8H2. The lowest BCUT2D eigenvalue weighted by Gasteiger charge is -2.05. The molecule has 0 saturated heterocycles. The molecule has 3 nitrogen and oxygen atoms in total. The highest BCUT2D eigenvalue weighted by atomic mass is 19.1. The van der Waals surface area contributed by atoms with Gasteiger partial charge in [-0.1, -0.05) is 0 Å². The predicted molar refractivity (Wildman–Crippen MR) is 58.9 cm³/mol. The molecule has 2 rings (SSSR count). The van der Waals surface area contributed by atoms with Crippen molar-refractivity contribution in [3.05, 3.63) is 59.7 Å². The Bertz CT molecular complexity index is 488. The Labute approximate surface area is 97.5 Å². The van der Waals surface area contributed by atoms with E-state index in [0.717, 1.165) is 12.1 Å². The van der Waals surface area contributed by atoms with E-state index in [2.05, 4.69) is 15.3 Å². The Kier molecular flexibility index (Phi) is 3.72. The van der Waals surface area contributed by atoms with Gasteiger partial charge in [0.05, 0.1) is 6.54 Å². The van der Waals surface area contributed by atoms with E-state index in [1.165, 1.54) is 6.07 Å². The number of hydrogen-bond acceptors (Lipinski definition) is 3. The van der Waals surface area contributed by atoms with Gasteiger partial charge in [-0.05, 0) is 24.3 Å². The summed E-state index contributed by atoms with van der Waals surface area (Å²) >= 11 is 0. The number of nitrogens with one attached hydrogen (secondary N) is 1. The van der Waals surface area contributed by atoms with Gasteiger partial charge in [0, 0.05) is 24.5 Å². The van der Waals surface area contributed by atoms with Crippen molar-refractivity contribution < 1.29 is 8.78 Å². The fraction of sp³-hybridized carbons (Fsp3) is 0.167. The van der Waals surface area contributed by atoms with Crippen molar-refractivity contribution in [1.82, 2.24) is 15.3 Å². The second-order valence-electron chi connectivity index (χ2n) is 3.50. The van der Waals surface area contributed by atoms with Crippen LogP contribution in [0.25, 0.3) is 0 Å². The topological polar surface area (TPSA) is 37.8 Å². The number of hydrogen-bond donors (Lipinski definition) is 1. The second-order valence-corrected chi connectivity index (χ2v) is 3.50. The first kappa shape index (κ1) is 11.6. The van der Waals surface area contributed by atoms with E-state index in [1.807, 2.05) is 0 Å². The molecular weight excluding hydrogens is 224 g/mol. The molecule has 1 aromatic heterocycles. The molecule has 0 amide bonds. The van der Waals surface area contributed by atoms with Gasteiger partial charge in [-0.25, -0.2) is 18.7 Å². The Morgan fingerprint density at radius 3 is 2.59 bits per heavy atom. The van der Waals surface area contributed by atoms with Crippen LogP contribution in [-0.4, -0.2) is 9.97 Å². The van der Waals surface area contributed by atoms with Crippen LogP contribution in [0.5, 0.6) is 0 Å². The molecule has 0 aliphatic carbocycles. The molecule has 2 aromatic rings. The molecule has 17 heavy (non-hydrogen) atoms. The zero-order valence-electron chi connectivity index (χ0n) is 9.03. The fourth-order valence-electron chi connectivity index (χ4n) is 1.41. The molecule has 0 unspecified atom stereocenters. The zero-order valence-corrected chi connectivity index (χ0v) is 9.03. The van der Waals surface area contributed by atoms with Crippen LogP contribution in [0, 0.1) is 11.6 Å². The number of rotatable bonds is 4. The zero-order chi connectivity index (χ0) is 12.1. The van der Waals surface area contributed by atoms with Crippen molar-refractivity contribution in [2.45, 2.75) is 13.1 Å². The third-order valence-electron chi connectivity index (χ3n) is 2.23. The van der Waals surface area contributed by atoms with Gasteiger partial charge in [-0.2, -0.15) is 0 Å². The third-order valence-corrected chi connectivity index (χ3v) is 2.23. The van der Waals surface area contributed by atoms with Crippen molar-refractivity contribution >= 4 is 0 Å². The molecule has 1 heterocycles. The lowest BCUT2D eigenvalue weighted by molar-refractivity contribution is 0.565. The number of aromatic nitrogens is 2. The lowest BCUT2D eigenvalue weighted by Crippen LogP contribution is -2.15. The Morgan fingerprint density at radius 2 is 1.82 bits per heavy atom. The SMILES string of the molecule is Fc1ccc(F)c(CNCc2ncccn2)c1. The molecule has 0 saturated carbocycles. The normalized spacial score (nSPS) is 10.5. The van der Waals surface area contributed by atoms with Crippen LogP contribution < -0.4 is 5.32 Å². The Morgan fingerprint density at radius 1 is 1.06 bits per heavy atom. The largest absolute Gasteiger partial charge is 0.306 e. The quantitative estimate of drug-likeness (QED) is 0.881. The highest BCUT2D eigenvalue weighted by molar-refractivity contribution is 5.18. The van der Waals surface area contributed by atoms with E-state index in [9.17, 15) is 8.78 Å². The predicted octanol–water partition coefficient (Wildman–Crippen LogP) is 2.04. The van der Waals surface area contributed by atoms with Gasteiger partial charge in [0.15, 0.2) is 0 Å². The molecule has 0 aliphatic rings. The van der Waals surface area contributed by atoms with Crippen molar-refractivity contribution in [2.75, 3.05) is 0 Å². The summed E-state index contributed by atoms with van der Waals surface area (Å²) in [7, 11) is 0. The summed E-state index contributed by atoms with van der Waals surface area (Å²) < 4.78 is 26.1. The van der Waals surface area contributed by atoms with Crippen molar-refractivity contribution in [3.8, 4) is 0 Å². The lowest BCUT2D eigenvalue weighted by atomic mass is 10.2. The first-order valence-electron chi connectivity index (χ1n) is 5.16. The van der Waals surface area contributed by atoms with E-state index in [-0.39, 0.29) is 6.54 Å². The van der Waals surface area contributed by atoms with Gasteiger partial charge < -0.3 is 5.32 Å². The summed E-state index contributed by atoms with van der Waals surface area (Å²) in [5, 5.41) is 2.95. The van der Waals surface area contributed by atoms with Gasteiger partial charge in [0.1, 0.15) is 17.5 Å². The summed E-state index contributed by atoms with van der Waals surface area (Å²) in [5.41, 5.74) is 0.293. The average Bonchev–Trinajstić information content (AvgIpc) is 2.35. The maximum Gasteiger partial charge on any atom is 0.141 e. The van der Waals surface area contributed by atoms with Crippen LogP contribution in [0.3, 0.4) is 0 Å². The van der Waals surface area contributed by atoms with Crippen LogP contribution >= 0.6 is 0 Å². The molecule has 0 radical (unpaired) electrons. The van der Waals surface area contributed by atoms with E-state index < -0.39 is 11.6 Å². The molecule has 0 atom stereocenters. The van der Waals surface area contributed by atoms with Crippen LogP contribution in [0.15, 0.2) is 36.7 Å². The van der Waals surface area contributed by atoms with E-state index in [1.54, 1.807) is 18.5 Å². The summed E-state index contributed by atoms with van der Waals surface area (Å²) in [6, 6.07) is 5.11. The monoisotopic (exact) mass is 235 g/mol. The van der Waals surface area contributed by atoms with Gasteiger partial charge >= 0.3 is 0 Å². The van der Waals surface area contributed by atoms with Crippen LogP contribution in [0.1, 0.15) is 11.4 Å². The fourth-order valence-corrected chi connectivity index (χ4v) is 1.41. The summed E-state index contributed by atoms with van der Waals surface area (Å²) in [6.45, 7) is 0.651. The Hall–Kier alpha value is -1.88. The van der Waals surface area contributed by atoms with Gasteiger partial charge in [-0.3, -0.25) is 0 Å². The molecule has 88 valence electrons. The van der Waals surface area contributed by atoms with Gasteiger partial charge in [-0.15, -0.1) is 0 Å². The van der Waals surface area contributed by atoms with Crippen molar-refractivity contribution in [2.24, 2.45) is 0 Å². The molecule has 1 N–H and O–H groups in total. The molecular formula is C12H11F2N3. The van der Waals surface area contributed by atoms with E-state index in [0.29, 0.717) is 17.9 Å². The average molecular weight is 235 g/mol. The summed E-state index contributed by atoms with van der Waals surface area (Å²) in [5.74, 6) is -0.253. The molecule has 0 bridgehead atoms. The molecule has 0 spiro atoms. The molecule has 1 aromatic carbocycles. The minimum Gasteiger partial charge on any atom is -0.306 e. The number of halogens is 2. The molecule has 0 fully saturated rings. The minimum absolute atomic E-state index is 0.238. The van der Waals surface area contributed by atoms with E-state index >= 15 is 0 Å². The highest BCUT2D eigenvalue weighted by Crippen LogP contribution is 2.09. The first-order valence-corrected chi connectivity index (χ1v) is 5.16. The van der Waals surface area contributed by atoms with Gasteiger partial charge in [0.2, 0.25) is 0 Å². The molecule has 0 aliphatic heterocycles. The Balaban J connectivity index is 1.92.